The molecule has 0 atom stereocenters. The standard InChI is InChI=1S/C14H17F3N2O2/c15-14(16,17)13(6-8-18-9-7-13)19-12(20)21-10-11-4-2-1-3-5-11/h1-5,18H,6-10H2,(H,19,20). The molecule has 0 unspecified atom stereocenters. The van der Waals surface area contributed by atoms with Gasteiger partial charge >= 0.3 is 12.3 Å². The molecule has 0 bridgehead atoms. The Bertz CT molecular complexity index is 471. The van der Waals surface area contributed by atoms with E-state index in [1.807, 2.05) is 5.32 Å². The van der Waals surface area contributed by atoms with Gasteiger partial charge in [-0.05, 0) is 31.5 Å². The van der Waals surface area contributed by atoms with Crippen LogP contribution in [0.15, 0.2) is 30.3 Å². The Hall–Kier alpha value is -1.76. The second-order valence-corrected chi connectivity index (χ2v) is 5.02. The van der Waals surface area contributed by atoms with Crippen LogP contribution in [0.25, 0.3) is 0 Å². The number of hydrogen-bond donors (Lipinski definition) is 2. The third-order valence-electron chi connectivity index (χ3n) is 3.55. The number of carbonyl (C=O) groups is 1. The third kappa shape index (κ3) is 3.87. The van der Waals surface area contributed by atoms with Gasteiger partial charge in [0.15, 0.2) is 0 Å². The molecule has 1 aliphatic rings. The smallest absolute Gasteiger partial charge is 0.411 e. The van der Waals surface area contributed by atoms with E-state index in [2.05, 4.69) is 5.32 Å². The molecule has 1 saturated heterocycles. The van der Waals surface area contributed by atoms with Gasteiger partial charge in [-0.25, -0.2) is 4.79 Å². The van der Waals surface area contributed by atoms with Gasteiger partial charge in [-0.2, -0.15) is 13.2 Å². The molecule has 2 rings (SSSR count). The summed E-state index contributed by atoms with van der Waals surface area (Å²) in [6.45, 7) is 0.357. The second-order valence-electron chi connectivity index (χ2n) is 5.02. The fourth-order valence-electron chi connectivity index (χ4n) is 2.29. The first-order valence-electron chi connectivity index (χ1n) is 6.69. The molecule has 0 aliphatic carbocycles. The summed E-state index contributed by atoms with van der Waals surface area (Å²) in [7, 11) is 0. The first-order chi connectivity index (χ1) is 9.93. The zero-order chi connectivity index (χ0) is 15.3. The monoisotopic (exact) mass is 302 g/mol. The average molecular weight is 302 g/mol. The minimum Gasteiger partial charge on any atom is -0.445 e. The maximum absolute atomic E-state index is 13.2. The lowest BCUT2D eigenvalue weighted by atomic mass is 9.88. The molecule has 4 nitrogen and oxygen atoms in total. The van der Waals surface area contributed by atoms with E-state index in [1.54, 1.807) is 30.3 Å². The molecule has 0 radical (unpaired) electrons. The van der Waals surface area contributed by atoms with Crippen LogP contribution in [-0.4, -0.2) is 30.9 Å². The van der Waals surface area contributed by atoms with Gasteiger partial charge in [0.1, 0.15) is 12.1 Å². The fraction of sp³-hybridized carbons (Fsp3) is 0.500. The van der Waals surface area contributed by atoms with Crippen molar-refractivity contribution >= 4 is 6.09 Å². The first-order valence-corrected chi connectivity index (χ1v) is 6.69. The summed E-state index contributed by atoms with van der Waals surface area (Å²) < 4.78 is 44.5. The van der Waals surface area contributed by atoms with Crippen molar-refractivity contribution in [2.24, 2.45) is 0 Å². The molecule has 1 heterocycles. The highest BCUT2D eigenvalue weighted by atomic mass is 19.4. The Morgan fingerprint density at radius 1 is 1.24 bits per heavy atom. The molecule has 0 saturated carbocycles. The van der Waals surface area contributed by atoms with E-state index in [1.165, 1.54) is 0 Å². The lowest BCUT2D eigenvalue weighted by Crippen LogP contribution is -2.63. The van der Waals surface area contributed by atoms with Gasteiger partial charge in [0.25, 0.3) is 0 Å². The van der Waals surface area contributed by atoms with Crippen molar-refractivity contribution in [2.45, 2.75) is 31.2 Å². The summed E-state index contributed by atoms with van der Waals surface area (Å²) in [5.74, 6) is 0. The Morgan fingerprint density at radius 2 is 1.86 bits per heavy atom. The minimum atomic E-state index is -4.50. The molecular formula is C14H17F3N2O2. The van der Waals surface area contributed by atoms with Crippen molar-refractivity contribution in [3.05, 3.63) is 35.9 Å². The van der Waals surface area contributed by atoms with Crippen LogP contribution >= 0.6 is 0 Å². The SMILES string of the molecule is O=C(NC1(C(F)(F)F)CCNCC1)OCc1ccccc1. The topological polar surface area (TPSA) is 50.4 Å². The summed E-state index contributed by atoms with van der Waals surface area (Å²) in [6.07, 6.45) is -5.94. The lowest BCUT2D eigenvalue weighted by molar-refractivity contribution is -0.201. The van der Waals surface area contributed by atoms with Crippen molar-refractivity contribution in [1.29, 1.82) is 0 Å². The van der Waals surface area contributed by atoms with Crippen molar-refractivity contribution in [3.8, 4) is 0 Å². The van der Waals surface area contributed by atoms with Crippen LogP contribution in [0.3, 0.4) is 0 Å². The van der Waals surface area contributed by atoms with Crippen LogP contribution in [0.2, 0.25) is 0 Å². The largest absolute Gasteiger partial charge is 0.445 e. The van der Waals surface area contributed by atoms with E-state index >= 15 is 0 Å². The van der Waals surface area contributed by atoms with Crippen LogP contribution in [0.4, 0.5) is 18.0 Å². The Morgan fingerprint density at radius 3 is 2.43 bits per heavy atom. The van der Waals surface area contributed by atoms with Gasteiger partial charge < -0.3 is 15.4 Å². The molecule has 1 aliphatic heterocycles. The van der Waals surface area contributed by atoms with E-state index in [4.69, 9.17) is 4.74 Å². The first kappa shape index (κ1) is 15.6. The van der Waals surface area contributed by atoms with E-state index in [0.717, 1.165) is 5.56 Å². The van der Waals surface area contributed by atoms with Gasteiger partial charge in [-0.15, -0.1) is 0 Å². The Kier molecular flexibility index (Phi) is 4.72. The normalized spacial score (nSPS) is 18.0. The second kappa shape index (κ2) is 6.34. The number of alkyl carbamates (subject to hydrolysis) is 1. The summed E-state index contributed by atoms with van der Waals surface area (Å²) >= 11 is 0. The van der Waals surface area contributed by atoms with Crippen molar-refractivity contribution in [1.82, 2.24) is 10.6 Å². The lowest BCUT2D eigenvalue weighted by Gasteiger charge is -2.39. The molecule has 21 heavy (non-hydrogen) atoms. The summed E-state index contributed by atoms with van der Waals surface area (Å²) in [4.78, 5) is 11.7. The van der Waals surface area contributed by atoms with Gasteiger partial charge in [-0.1, -0.05) is 30.3 Å². The number of piperidine rings is 1. The number of carbonyl (C=O) groups excluding carboxylic acids is 1. The predicted molar refractivity (Wildman–Crippen MR) is 70.7 cm³/mol. The maximum Gasteiger partial charge on any atom is 0.411 e. The van der Waals surface area contributed by atoms with E-state index in [-0.39, 0.29) is 32.5 Å². The number of hydrogen-bond acceptors (Lipinski definition) is 3. The van der Waals surface area contributed by atoms with Crippen LogP contribution in [0, 0.1) is 0 Å². The molecule has 0 aromatic heterocycles. The van der Waals surface area contributed by atoms with Gasteiger partial charge in [-0.3, -0.25) is 0 Å². The molecule has 0 spiro atoms. The van der Waals surface area contributed by atoms with Crippen molar-refractivity contribution < 1.29 is 22.7 Å². The number of halogens is 3. The number of nitrogens with one attached hydrogen (secondary N) is 2. The quantitative estimate of drug-likeness (QED) is 0.902. The number of amides is 1. The minimum absolute atomic E-state index is 0.0567. The Balaban J connectivity index is 1.95. The number of rotatable bonds is 3. The molecule has 2 N–H and O–H groups in total. The molecule has 1 aromatic carbocycles. The summed E-state index contributed by atoms with van der Waals surface area (Å²) in [5, 5.41) is 4.87. The molecule has 116 valence electrons. The third-order valence-corrected chi connectivity index (χ3v) is 3.55. The zero-order valence-electron chi connectivity index (χ0n) is 11.4. The van der Waals surface area contributed by atoms with Crippen molar-refractivity contribution in [3.63, 3.8) is 0 Å². The molecular weight excluding hydrogens is 285 g/mol. The van der Waals surface area contributed by atoms with Crippen molar-refractivity contribution in [2.75, 3.05) is 13.1 Å². The summed E-state index contributed by atoms with van der Waals surface area (Å²) in [5.41, 5.74) is -1.48. The Labute approximate surface area is 120 Å². The number of alkyl halides is 3. The van der Waals surface area contributed by atoms with Crippen LogP contribution in [0.1, 0.15) is 18.4 Å². The average Bonchev–Trinajstić information content (AvgIpc) is 2.46. The van der Waals surface area contributed by atoms with Gasteiger partial charge in [0.2, 0.25) is 0 Å². The zero-order valence-corrected chi connectivity index (χ0v) is 11.4. The van der Waals surface area contributed by atoms with Gasteiger partial charge in [0, 0.05) is 0 Å². The van der Waals surface area contributed by atoms with Crippen LogP contribution < -0.4 is 10.6 Å². The highest BCUT2D eigenvalue weighted by molar-refractivity contribution is 5.68. The van der Waals surface area contributed by atoms with E-state index in [9.17, 15) is 18.0 Å². The maximum atomic E-state index is 13.2. The predicted octanol–water partition coefficient (Wildman–Crippen LogP) is 2.60. The van der Waals surface area contributed by atoms with E-state index in [0.29, 0.717) is 0 Å². The van der Waals surface area contributed by atoms with Gasteiger partial charge in [0.05, 0.1) is 0 Å². The number of benzene rings is 1. The van der Waals surface area contributed by atoms with E-state index < -0.39 is 17.8 Å². The fourth-order valence-corrected chi connectivity index (χ4v) is 2.29. The van der Waals surface area contributed by atoms with Crippen LogP contribution in [0.5, 0.6) is 0 Å². The molecule has 1 aromatic rings. The highest BCUT2D eigenvalue weighted by Gasteiger charge is 2.56. The molecule has 1 fully saturated rings. The molecule has 7 heteroatoms. The summed E-state index contributed by atoms with van der Waals surface area (Å²) in [6, 6.07) is 8.80. The number of ether oxygens (including phenoxy) is 1. The van der Waals surface area contributed by atoms with Crippen LogP contribution in [-0.2, 0) is 11.3 Å². The highest BCUT2D eigenvalue weighted by Crippen LogP contribution is 2.37. The molecule has 1 amide bonds.